The summed E-state index contributed by atoms with van der Waals surface area (Å²) in [4.78, 5) is 24.0. The Morgan fingerprint density at radius 1 is 1.21 bits per heavy atom. The Hall–Kier alpha value is -2.45. The number of carbonyl (C=O) groups is 2. The Balaban J connectivity index is 3.55. The van der Waals surface area contributed by atoms with Gasteiger partial charge in [-0.3, -0.25) is 0 Å². The molecule has 1 aliphatic heterocycles. The van der Waals surface area contributed by atoms with Gasteiger partial charge in [-0.25, -0.2) is 9.59 Å². The molecule has 0 aromatic rings. The summed E-state index contributed by atoms with van der Waals surface area (Å²) in [5, 5.41) is 11.7. The lowest BCUT2D eigenvalue weighted by molar-refractivity contribution is -0.137. The minimum Gasteiger partial charge on any atom is -0.504 e. The fourth-order valence-corrected chi connectivity index (χ4v) is 2.44. The second kappa shape index (κ2) is 7.41. The van der Waals surface area contributed by atoms with E-state index < -0.39 is 29.8 Å². The summed E-state index contributed by atoms with van der Waals surface area (Å²) in [6.07, 6.45) is -4.34. The van der Waals surface area contributed by atoms with Crippen molar-refractivity contribution in [3.63, 3.8) is 0 Å². The Bertz CT molecular complexity index is 632. The molecule has 1 atom stereocenters. The first-order chi connectivity index (χ1) is 11.1. The van der Waals surface area contributed by atoms with E-state index in [1.165, 1.54) is 6.92 Å². The van der Waals surface area contributed by atoms with Crippen molar-refractivity contribution in [1.29, 1.82) is 0 Å². The molecule has 134 valence electrons. The summed E-state index contributed by atoms with van der Waals surface area (Å²) in [7, 11) is 2.22. The van der Waals surface area contributed by atoms with E-state index in [0.29, 0.717) is 6.08 Å². The zero-order valence-corrected chi connectivity index (χ0v) is 13.6. The zero-order valence-electron chi connectivity index (χ0n) is 13.6. The molecule has 0 saturated heterocycles. The van der Waals surface area contributed by atoms with E-state index in [9.17, 15) is 27.9 Å². The number of allylic oxidation sites excluding steroid dienone is 3. The molecule has 0 amide bonds. The topological polar surface area (TPSA) is 84.9 Å². The van der Waals surface area contributed by atoms with Crippen molar-refractivity contribution in [3.8, 4) is 0 Å². The number of carbonyl (C=O) groups excluding carboxylic acids is 2. The van der Waals surface area contributed by atoms with Crippen LogP contribution in [-0.4, -0.2) is 37.4 Å². The van der Waals surface area contributed by atoms with Gasteiger partial charge in [-0.2, -0.15) is 13.2 Å². The van der Waals surface area contributed by atoms with Crippen molar-refractivity contribution in [1.82, 2.24) is 5.32 Å². The summed E-state index contributed by atoms with van der Waals surface area (Å²) in [6, 6.07) is 0. The fraction of sp³-hybridized carbons (Fsp3) is 0.467. The predicted molar refractivity (Wildman–Crippen MR) is 77.4 cm³/mol. The summed E-state index contributed by atoms with van der Waals surface area (Å²) >= 11 is 0. The van der Waals surface area contributed by atoms with Crippen molar-refractivity contribution in [2.45, 2.75) is 26.4 Å². The van der Waals surface area contributed by atoms with E-state index in [2.05, 4.69) is 14.8 Å². The number of dihydropyridines is 1. The SMILES string of the molecule is CCC1C(C(=O)OC)=C(C)NC(/C=C(\O)C(F)(F)F)=C1C(=O)OC. The molecular formula is C15H18F3NO5. The Labute approximate surface area is 136 Å². The number of halogens is 3. The molecule has 0 saturated carbocycles. The Kier molecular flexibility index (Phi) is 6.05. The standard InChI is InChI=1S/C15H18F3NO5/c1-5-8-11(13(21)23-3)7(2)19-9(12(8)14(22)24-4)6-10(20)15(16,17)18/h6,8,19-20H,5H2,1-4H3/b10-6-. The van der Waals surface area contributed by atoms with E-state index >= 15 is 0 Å². The highest BCUT2D eigenvalue weighted by Crippen LogP contribution is 2.35. The number of aliphatic hydroxyl groups excluding tert-OH is 1. The molecule has 6 nitrogen and oxygen atoms in total. The first-order valence-corrected chi connectivity index (χ1v) is 6.94. The molecule has 0 spiro atoms. The van der Waals surface area contributed by atoms with Crippen molar-refractivity contribution >= 4 is 11.9 Å². The normalized spacial score (nSPS) is 19.1. The third kappa shape index (κ3) is 3.90. The van der Waals surface area contributed by atoms with E-state index in [4.69, 9.17) is 0 Å². The van der Waals surface area contributed by atoms with E-state index in [-0.39, 0.29) is 29.0 Å². The van der Waals surface area contributed by atoms with Crippen LogP contribution in [-0.2, 0) is 19.1 Å². The number of ether oxygens (including phenoxy) is 2. The molecule has 0 fully saturated rings. The molecule has 9 heteroatoms. The number of hydrogen-bond donors (Lipinski definition) is 2. The number of methoxy groups -OCH3 is 2. The van der Waals surface area contributed by atoms with Crippen LogP contribution in [0.4, 0.5) is 13.2 Å². The second-order valence-electron chi connectivity index (χ2n) is 4.96. The van der Waals surface area contributed by atoms with Crippen LogP contribution in [0.5, 0.6) is 0 Å². The number of hydrogen-bond acceptors (Lipinski definition) is 6. The molecule has 0 bridgehead atoms. The first kappa shape index (κ1) is 19.6. The highest BCUT2D eigenvalue weighted by atomic mass is 19.4. The maximum Gasteiger partial charge on any atom is 0.448 e. The van der Waals surface area contributed by atoms with Crippen LogP contribution in [0, 0.1) is 5.92 Å². The van der Waals surface area contributed by atoms with Crippen LogP contribution in [0.2, 0.25) is 0 Å². The van der Waals surface area contributed by atoms with Crippen molar-refractivity contribution < 1.29 is 37.3 Å². The quantitative estimate of drug-likeness (QED) is 0.599. The summed E-state index contributed by atoms with van der Waals surface area (Å²) in [5.74, 6) is -4.34. The molecule has 1 heterocycles. The van der Waals surface area contributed by atoms with Crippen molar-refractivity contribution in [2.24, 2.45) is 5.92 Å². The molecule has 24 heavy (non-hydrogen) atoms. The number of aliphatic hydroxyl groups is 1. The van der Waals surface area contributed by atoms with Crippen LogP contribution in [0.15, 0.2) is 34.4 Å². The highest BCUT2D eigenvalue weighted by molar-refractivity contribution is 5.98. The van der Waals surface area contributed by atoms with Crippen LogP contribution in [0.25, 0.3) is 0 Å². The van der Waals surface area contributed by atoms with Crippen LogP contribution in [0.3, 0.4) is 0 Å². The summed E-state index contributed by atoms with van der Waals surface area (Å²) < 4.78 is 47.0. The van der Waals surface area contributed by atoms with Gasteiger partial charge >= 0.3 is 18.1 Å². The van der Waals surface area contributed by atoms with Gasteiger partial charge in [0, 0.05) is 17.7 Å². The average Bonchev–Trinajstić information content (AvgIpc) is 2.51. The van der Waals surface area contributed by atoms with Gasteiger partial charge < -0.3 is 19.9 Å². The minimum absolute atomic E-state index is 0.115. The summed E-state index contributed by atoms with van der Waals surface area (Å²) in [5.41, 5.74) is -0.137. The molecule has 1 aliphatic rings. The maximum absolute atomic E-state index is 12.6. The molecule has 0 radical (unpaired) electrons. The number of nitrogens with one attached hydrogen (secondary N) is 1. The molecule has 0 aromatic carbocycles. The Morgan fingerprint density at radius 2 is 1.71 bits per heavy atom. The smallest absolute Gasteiger partial charge is 0.448 e. The van der Waals surface area contributed by atoms with Gasteiger partial charge in [0.25, 0.3) is 0 Å². The van der Waals surface area contributed by atoms with E-state index in [1.807, 2.05) is 0 Å². The third-order valence-corrected chi connectivity index (χ3v) is 3.50. The maximum atomic E-state index is 12.6. The minimum atomic E-state index is -4.97. The number of rotatable bonds is 4. The molecular weight excluding hydrogens is 331 g/mol. The number of alkyl halides is 3. The monoisotopic (exact) mass is 349 g/mol. The van der Waals surface area contributed by atoms with Gasteiger partial charge in [0.2, 0.25) is 0 Å². The molecule has 0 aliphatic carbocycles. The molecule has 0 aromatic heterocycles. The third-order valence-electron chi connectivity index (χ3n) is 3.50. The largest absolute Gasteiger partial charge is 0.504 e. The van der Waals surface area contributed by atoms with Crippen LogP contribution < -0.4 is 5.32 Å². The molecule has 1 rings (SSSR count). The second-order valence-corrected chi connectivity index (χ2v) is 4.96. The lowest BCUT2D eigenvalue weighted by atomic mass is 9.83. The zero-order chi connectivity index (χ0) is 18.7. The first-order valence-electron chi connectivity index (χ1n) is 6.94. The van der Waals surface area contributed by atoms with Crippen LogP contribution in [0.1, 0.15) is 20.3 Å². The number of esters is 2. The van der Waals surface area contributed by atoms with E-state index in [1.54, 1.807) is 6.92 Å². The van der Waals surface area contributed by atoms with Gasteiger partial charge in [0.05, 0.1) is 31.1 Å². The van der Waals surface area contributed by atoms with Gasteiger partial charge in [-0.15, -0.1) is 0 Å². The lowest BCUT2D eigenvalue weighted by Gasteiger charge is -2.29. The van der Waals surface area contributed by atoms with Crippen LogP contribution >= 0.6 is 0 Å². The molecule has 2 N–H and O–H groups in total. The predicted octanol–water partition coefficient (Wildman–Crippen LogP) is 2.49. The van der Waals surface area contributed by atoms with Gasteiger partial charge in [0.1, 0.15) is 0 Å². The summed E-state index contributed by atoms with van der Waals surface area (Å²) in [6.45, 7) is 3.11. The van der Waals surface area contributed by atoms with Gasteiger partial charge in [0.15, 0.2) is 5.76 Å². The highest BCUT2D eigenvalue weighted by Gasteiger charge is 2.38. The fourth-order valence-electron chi connectivity index (χ4n) is 2.44. The van der Waals surface area contributed by atoms with Gasteiger partial charge in [-0.1, -0.05) is 6.92 Å². The Morgan fingerprint density at radius 3 is 2.12 bits per heavy atom. The van der Waals surface area contributed by atoms with Crippen molar-refractivity contribution in [3.05, 3.63) is 34.4 Å². The van der Waals surface area contributed by atoms with Crippen molar-refractivity contribution in [2.75, 3.05) is 14.2 Å². The van der Waals surface area contributed by atoms with Gasteiger partial charge in [-0.05, 0) is 13.3 Å². The van der Waals surface area contributed by atoms with E-state index in [0.717, 1.165) is 14.2 Å². The molecule has 1 unspecified atom stereocenters. The lowest BCUT2D eigenvalue weighted by Crippen LogP contribution is -2.33. The average molecular weight is 349 g/mol.